The summed E-state index contributed by atoms with van der Waals surface area (Å²) < 4.78 is 2.26. The Kier molecular flexibility index (Phi) is 5.41. The van der Waals surface area contributed by atoms with Crippen LogP contribution < -0.4 is 10.6 Å². The van der Waals surface area contributed by atoms with Crippen LogP contribution >= 0.6 is 0 Å². The lowest BCUT2D eigenvalue weighted by molar-refractivity contribution is 0.104. The largest absolute Gasteiger partial charge is 0.356 e. The first-order valence-electron chi connectivity index (χ1n) is 9.47. The van der Waals surface area contributed by atoms with E-state index >= 15 is 0 Å². The van der Waals surface area contributed by atoms with Crippen LogP contribution in [-0.2, 0) is 19.5 Å². The van der Waals surface area contributed by atoms with Gasteiger partial charge in [0.1, 0.15) is 5.82 Å². The monoisotopic (exact) mass is 332 g/mol. The van der Waals surface area contributed by atoms with E-state index < -0.39 is 0 Å². The van der Waals surface area contributed by atoms with Crippen molar-refractivity contribution in [1.29, 1.82) is 0 Å². The number of hydrogen-bond acceptors (Lipinski definition) is 3. The highest BCUT2D eigenvalue weighted by Gasteiger charge is 2.37. The van der Waals surface area contributed by atoms with Gasteiger partial charge in [0, 0.05) is 26.6 Å². The fourth-order valence-corrected chi connectivity index (χ4v) is 4.15. The summed E-state index contributed by atoms with van der Waals surface area (Å²) in [6.07, 6.45) is 8.86. The summed E-state index contributed by atoms with van der Waals surface area (Å²) >= 11 is 0. The molecule has 1 aliphatic carbocycles. The van der Waals surface area contributed by atoms with E-state index in [0.717, 1.165) is 43.0 Å². The molecule has 2 N–H and O–H groups in total. The van der Waals surface area contributed by atoms with Gasteiger partial charge in [-0.05, 0) is 43.4 Å². The maximum atomic E-state index is 4.38. The average molecular weight is 332 g/mol. The van der Waals surface area contributed by atoms with Gasteiger partial charge >= 0.3 is 0 Å². The third kappa shape index (κ3) is 3.90. The van der Waals surface area contributed by atoms with Crippen molar-refractivity contribution in [3.63, 3.8) is 0 Å². The van der Waals surface area contributed by atoms with Crippen LogP contribution in [0.3, 0.4) is 0 Å². The van der Waals surface area contributed by atoms with E-state index in [-0.39, 0.29) is 0 Å². The van der Waals surface area contributed by atoms with Crippen molar-refractivity contribution in [3.8, 4) is 0 Å². The van der Waals surface area contributed by atoms with E-state index in [4.69, 9.17) is 0 Å². The van der Waals surface area contributed by atoms with Crippen LogP contribution in [0.5, 0.6) is 0 Å². The third-order valence-corrected chi connectivity index (χ3v) is 5.46. The number of aryl methyl sites for hydroxylation is 1. The molecule has 0 amide bonds. The molecule has 0 bridgehead atoms. The smallest absolute Gasteiger partial charge is 0.191 e. The normalized spacial score (nSPS) is 19.8. The maximum Gasteiger partial charge on any atom is 0.191 e. The van der Waals surface area contributed by atoms with Gasteiger partial charge in [-0.2, -0.15) is 0 Å². The van der Waals surface area contributed by atoms with E-state index in [0.29, 0.717) is 12.0 Å². The average Bonchev–Trinajstić information content (AvgIpc) is 2.95. The van der Waals surface area contributed by atoms with Crippen LogP contribution in [0.1, 0.15) is 64.0 Å². The first-order valence-corrected chi connectivity index (χ1v) is 9.47. The Bertz CT molecular complexity index is 570. The second-order valence-corrected chi connectivity index (χ2v) is 7.87. The van der Waals surface area contributed by atoms with Crippen LogP contribution in [-0.4, -0.2) is 34.3 Å². The number of aromatic nitrogens is 3. The number of hydrogen-bond donors (Lipinski definition) is 2. The Hall–Kier alpha value is -1.59. The van der Waals surface area contributed by atoms with Crippen LogP contribution in [0.4, 0.5) is 0 Å². The molecule has 0 atom stereocenters. The second kappa shape index (κ2) is 7.53. The zero-order valence-electron chi connectivity index (χ0n) is 15.4. The van der Waals surface area contributed by atoms with Crippen molar-refractivity contribution in [2.24, 2.45) is 16.3 Å². The Morgan fingerprint density at radius 3 is 2.71 bits per heavy atom. The fourth-order valence-electron chi connectivity index (χ4n) is 4.15. The number of aliphatic imine (C=N–C) groups is 1. The zero-order chi connectivity index (χ0) is 17.0. The highest BCUT2D eigenvalue weighted by Crippen LogP contribution is 2.45. The van der Waals surface area contributed by atoms with Gasteiger partial charge in [-0.3, -0.25) is 4.99 Å². The molecule has 24 heavy (non-hydrogen) atoms. The minimum atomic E-state index is 0.472. The molecule has 6 nitrogen and oxygen atoms in total. The summed E-state index contributed by atoms with van der Waals surface area (Å²) in [5.41, 5.74) is 0.472. The molecule has 1 aromatic heterocycles. The Morgan fingerprint density at radius 1 is 1.21 bits per heavy atom. The molecule has 0 unspecified atom stereocenters. The molecule has 6 heteroatoms. The van der Waals surface area contributed by atoms with Crippen LogP contribution in [0.25, 0.3) is 0 Å². The highest BCUT2D eigenvalue weighted by atomic mass is 15.3. The number of guanidine groups is 1. The zero-order valence-corrected chi connectivity index (χ0v) is 15.4. The topological polar surface area (TPSA) is 67.1 Å². The van der Waals surface area contributed by atoms with Gasteiger partial charge in [0.25, 0.3) is 0 Å². The molecular weight excluding hydrogens is 300 g/mol. The molecular formula is C18H32N6. The first-order chi connectivity index (χ1) is 11.6. The lowest BCUT2D eigenvalue weighted by Crippen LogP contribution is -2.47. The molecule has 2 aliphatic rings. The lowest BCUT2D eigenvalue weighted by atomic mass is 9.64. The van der Waals surface area contributed by atoms with Crippen LogP contribution in [0.15, 0.2) is 4.99 Å². The molecule has 0 aromatic carbocycles. The summed E-state index contributed by atoms with van der Waals surface area (Å²) in [6, 6.07) is 0. The molecule has 1 saturated carbocycles. The third-order valence-electron chi connectivity index (χ3n) is 5.46. The molecule has 2 heterocycles. The van der Waals surface area contributed by atoms with Gasteiger partial charge in [0.05, 0.1) is 6.54 Å². The molecule has 0 radical (unpaired) electrons. The van der Waals surface area contributed by atoms with Crippen LogP contribution in [0.2, 0.25) is 0 Å². The predicted molar refractivity (Wildman–Crippen MR) is 96.9 cm³/mol. The number of rotatable bonds is 6. The Labute approximate surface area is 145 Å². The van der Waals surface area contributed by atoms with E-state index in [1.807, 2.05) is 7.05 Å². The number of nitrogens with one attached hydrogen (secondary N) is 2. The van der Waals surface area contributed by atoms with Crippen molar-refractivity contribution < 1.29 is 0 Å². The fraction of sp³-hybridized carbons (Fsp3) is 0.833. The molecule has 134 valence electrons. The van der Waals surface area contributed by atoms with Crippen molar-refractivity contribution in [2.45, 2.75) is 71.9 Å². The summed E-state index contributed by atoms with van der Waals surface area (Å²) in [5.74, 6) is 3.78. The maximum absolute atomic E-state index is 4.38. The van der Waals surface area contributed by atoms with Gasteiger partial charge < -0.3 is 15.2 Å². The van der Waals surface area contributed by atoms with Gasteiger partial charge in [0.15, 0.2) is 11.8 Å². The van der Waals surface area contributed by atoms with E-state index in [1.165, 1.54) is 38.5 Å². The molecule has 1 aromatic rings. The standard InChI is InChI=1S/C18H32N6/c1-14(2)11-18(8-6-9-18)13-21-17(19-3)20-12-16-23-22-15-7-4-5-10-24(15)16/h14H,4-13H2,1-3H3,(H2,19,20,21). The lowest BCUT2D eigenvalue weighted by Gasteiger charge is -2.43. The summed E-state index contributed by atoms with van der Waals surface area (Å²) in [4.78, 5) is 4.38. The van der Waals surface area contributed by atoms with Crippen molar-refractivity contribution in [3.05, 3.63) is 11.6 Å². The van der Waals surface area contributed by atoms with Crippen molar-refractivity contribution in [1.82, 2.24) is 25.4 Å². The summed E-state index contributed by atoms with van der Waals surface area (Å²) in [5, 5.41) is 15.6. The molecule has 1 aliphatic heterocycles. The van der Waals surface area contributed by atoms with Crippen molar-refractivity contribution in [2.75, 3.05) is 13.6 Å². The van der Waals surface area contributed by atoms with Crippen LogP contribution in [0, 0.1) is 11.3 Å². The quantitative estimate of drug-likeness (QED) is 0.620. The predicted octanol–water partition coefficient (Wildman–Crippen LogP) is 2.50. The molecule has 0 spiro atoms. The van der Waals surface area contributed by atoms with Gasteiger partial charge in [-0.15, -0.1) is 10.2 Å². The number of fused-ring (bicyclic) bond motifs is 1. The van der Waals surface area contributed by atoms with E-state index in [2.05, 4.69) is 44.2 Å². The van der Waals surface area contributed by atoms with E-state index in [9.17, 15) is 0 Å². The second-order valence-electron chi connectivity index (χ2n) is 7.87. The number of nitrogens with zero attached hydrogens (tertiary/aromatic N) is 4. The molecule has 0 saturated heterocycles. The Morgan fingerprint density at radius 2 is 2.04 bits per heavy atom. The van der Waals surface area contributed by atoms with Gasteiger partial charge in [-0.1, -0.05) is 20.3 Å². The SMILES string of the molecule is CN=C(NCc1nnc2n1CCCC2)NCC1(CC(C)C)CCC1. The summed E-state index contributed by atoms with van der Waals surface area (Å²) in [7, 11) is 1.84. The summed E-state index contributed by atoms with van der Waals surface area (Å²) in [6.45, 7) is 7.39. The molecule has 3 rings (SSSR count). The minimum Gasteiger partial charge on any atom is -0.356 e. The van der Waals surface area contributed by atoms with Gasteiger partial charge in [0.2, 0.25) is 0 Å². The Balaban J connectivity index is 1.51. The highest BCUT2D eigenvalue weighted by molar-refractivity contribution is 5.79. The molecule has 1 fully saturated rings. The van der Waals surface area contributed by atoms with Crippen molar-refractivity contribution >= 4 is 5.96 Å². The van der Waals surface area contributed by atoms with E-state index in [1.54, 1.807) is 0 Å². The van der Waals surface area contributed by atoms with Gasteiger partial charge in [-0.25, -0.2) is 0 Å². The first kappa shape index (κ1) is 17.2. The minimum absolute atomic E-state index is 0.472.